The van der Waals surface area contributed by atoms with Gasteiger partial charge in [-0.3, -0.25) is 5.10 Å². The van der Waals surface area contributed by atoms with Crippen LogP contribution in [-0.2, 0) is 0 Å². The summed E-state index contributed by atoms with van der Waals surface area (Å²) in [5, 5.41) is 18.1. The first-order chi connectivity index (χ1) is 12.9. The molecule has 7 nitrogen and oxygen atoms in total. The third kappa shape index (κ3) is 3.21. The summed E-state index contributed by atoms with van der Waals surface area (Å²) < 4.78 is 0. The predicted molar refractivity (Wildman–Crippen MR) is 106 cm³/mol. The maximum absolute atomic E-state index is 9.73. The molecule has 0 amide bonds. The highest BCUT2D eigenvalue weighted by Crippen LogP contribution is 2.36. The summed E-state index contributed by atoms with van der Waals surface area (Å²) in [5.41, 5.74) is 8.22. The zero-order valence-electron chi connectivity index (χ0n) is 14.6. The quantitative estimate of drug-likeness (QED) is 0.635. The van der Waals surface area contributed by atoms with E-state index in [9.17, 15) is 5.26 Å². The molecule has 0 atom stereocenters. The van der Waals surface area contributed by atoms with Crippen molar-refractivity contribution in [3.63, 3.8) is 0 Å². The van der Waals surface area contributed by atoms with Crippen LogP contribution >= 0.6 is 23.2 Å². The van der Waals surface area contributed by atoms with Crippen LogP contribution < -0.4 is 10.6 Å². The topological polar surface area (TPSA) is 108 Å². The first-order valence-corrected chi connectivity index (χ1v) is 9.28. The van der Waals surface area contributed by atoms with E-state index in [0.29, 0.717) is 32.9 Å². The summed E-state index contributed by atoms with van der Waals surface area (Å²) in [6.07, 6.45) is 3.29. The summed E-state index contributed by atoms with van der Waals surface area (Å²) in [7, 11) is 0. The van der Waals surface area contributed by atoms with E-state index in [1.165, 1.54) is 0 Å². The van der Waals surface area contributed by atoms with E-state index in [2.05, 4.69) is 38.1 Å². The number of aromatic nitrogens is 4. The molecule has 0 spiro atoms. The molecule has 0 unspecified atom stereocenters. The molecule has 0 aliphatic carbocycles. The second kappa shape index (κ2) is 6.64. The molecule has 3 aromatic heterocycles. The SMILES string of the molecule is CC1(N)CCN(c2cc(C#N)c3c(-c4ccnc(Cl)c4Cl)[nH]nc3n2)CC1. The lowest BCUT2D eigenvalue weighted by Gasteiger charge is -2.37. The molecular formula is C18H17Cl2N7. The average molecular weight is 402 g/mol. The summed E-state index contributed by atoms with van der Waals surface area (Å²) in [5.74, 6) is 0.728. The fourth-order valence-electron chi connectivity index (χ4n) is 3.31. The van der Waals surface area contributed by atoms with E-state index < -0.39 is 0 Å². The third-order valence-electron chi connectivity index (χ3n) is 4.98. The zero-order chi connectivity index (χ0) is 19.2. The zero-order valence-corrected chi connectivity index (χ0v) is 16.1. The lowest BCUT2D eigenvalue weighted by Crippen LogP contribution is -2.48. The van der Waals surface area contributed by atoms with Crippen LogP contribution in [0, 0.1) is 11.3 Å². The van der Waals surface area contributed by atoms with Crippen LogP contribution in [0.25, 0.3) is 22.3 Å². The summed E-state index contributed by atoms with van der Waals surface area (Å²) in [4.78, 5) is 10.8. The van der Waals surface area contributed by atoms with Crippen LogP contribution in [0.5, 0.6) is 0 Å². The molecule has 1 aliphatic rings. The molecule has 1 saturated heterocycles. The molecule has 0 saturated carbocycles. The van der Waals surface area contributed by atoms with Crippen LogP contribution in [0.4, 0.5) is 5.82 Å². The highest BCUT2D eigenvalue weighted by molar-refractivity contribution is 6.43. The average Bonchev–Trinajstić information content (AvgIpc) is 3.07. The van der Waals surface area contributed by atoms with Gasteiger partial charge in [-0.05, 0) is 31.9 Å². The van der Waals surface area contributed by atoms with Gasteiger partial charge in [0.05, 0.1) is 21.7 Å². The highest BCUT2D eigenvalue weighted by atomic mass is 35.5. The third-order valence-corrected chi connectivity index (χ3v) is 5.74. The number of hydrogen-bond donors (Lipinski definition) is 2. The van der Waals surface area contributed by atoms with Gasteiger partial charge in [0, 0.05) is 30.4 Å². The number of nitrogens with two attached hydrogens (primary N) is 1. The number of rotatable bonds is 2. The van der Waals surface area contributed by atoms with Crippen LogP contribution in [0.1, 0.15) is 25.3 Å². The Morgan fingerprint density at radius 1 is 1.33 bits per heavy atom. The van der Waals surface area contributed by atoms with Crippen molar-refractivity contribution in [3.8, 4) is 17.3 Å². The number of halogens is 2. The molecule has 138 valence electrons. The van der Waals surface area contributed by atoms with E-state index in [-0.39, 0.29) is 10.7 Å². The second-order valence-corrected chi connectivity index (χ2v) is 7.78. The van der Waals surface area contributed by atoms with Crippen molar-refractivity contribution in [1.82, 2.24) is 20.2 Å². The van der Waals surface area contributed by atoms with Crippen molar-refractivity contribution in [2.24, 2.45) is 5.73 Å². The maximum Gasteiger partial charge on any atom is 0.184 e. The van der Waals surface area contributed by atoms with E-state index in [0.717, 1.165) is 31.7 Å². The van der Waals surface area contributed by atoms with E-state index in [1.54, 1.807) is 18.3 Å². The number of aromatic amines is 1. The Bertz CT molecular complexity index is 1060. The Kier molecular flexibility index (Phi) is 4.42. The van der Waals surface area contributed by atoms with Gasteiger partial charge in [0.15, 0.2) is 5.65 Å². The minimum Gasteiger partial charge on any atom is -0.356 e. The van der Waals surface area contributed by atoms with Crippen molar-refractivity contribution in [1.29, 1.82) is 5.26 Å². The first-order valence-electron chi connectivity index (χ1n) is 8.53. The van der Waals surface area contributed by atoms with Crippen molar-refractivity contribution >= 4 is 40.1 Å². The number of piperidine rings is 1. The monoisotopic (exact) mass is 401 g/mol. The lowest BCUT2D eigenvalue weighted by atomic mass is 9.91. The number of pyridine rings is 2. The molecule has 4 heterocycles. The highest BCUT2D eigenvalue weighted by Gasteiger charge is 2.27. The van der Waals surface area contributed by atoms with Gasteiger partial charge in [-0.2, -0.15) is 10.4 Å². The van der Waals surface area contributed by atoms with Gasteiger partial charge in [-0.1, -0.05) is 23.2 Å². The van der Waals surface area contributed by atoms with Gasteiger partial charge in [0.25, 0.3) is 0 Å². The molecule has 3 aromatic rings. The minimum absolute atomic E-state index is 0.157. The number of nitrogens with one attached hydrogen (secondary N) is 1. The number of fused-ring (bicyclic) bond motifs is 1. The van der Waals surface area contributed by atoms with Crippen LogP contribution in [-0.4, -0.2) is 38.8 Å². The molecule has 3 N–H and O–H groups in total. The predicted octanol–water partition coefficient (Wildman–Crippen LogP) is 3.52. The van der Waals surface area contributed by atoms with Crippen molar-refractivity contribution < 1.29 is 0 Å². The van der Waals surface area contributed by atoms with Gasteiger partial charge < -0.3 is 10.6 Å². The Balaban J connectivity index is 1.81. The second-order valence-electron chi connectivity index (χ2n) is 7.04. The maximum atomic E-state index is 9.73. The number of nitrogens with zero attached hydrogens (tertiary/aromatic N) is 5. The molecule has 0 radical (unpaired) electrons. The molecule has 27 heavy (non-hydrogen) atoms. The molecule has 9 heteroatoms. The van der Waals surface area contributed by atoms with E-state index in [4.69, 9.17) is 28.9 Å². The van der Waals surface area contributed by atoms with E-state index >= 15 is 0 Å². The lowest BCUT2D eigenvalue weighted by molar-refractivity contribution is 0.363. The molecular weight excluding hydrogens is 385 g/mol. The van der Waals surface area contributed by atoms with E-state index in [1.807, 2.05) is 0 Å². The minimum atomic E-state index is -0.157. The summed E-state index contributed by atoms with van der Waals surface area (Å²) in [6, 6.07) is 5.77. The van der Waals surface area contributed by atoms with Gasteiger partial charge >= 0.3 is 0 Å². The van der Waals surface area contributed by atoms with Crippen LogP contribution in [0.15, 0.2) is 18.3 Å². The van der Waals surface area contributed by atoms with Crippen molar-refractivity contribution in [2.45, 2.75) is 25.3 Å². The normalized spacial score (nSPS) is 16.5. The van der Waals surface area contributed by atoms with Crippen LogP contribution in [0.2, 0.25) is 10.2 Å². The number of H-pyrrole nitrogens is 1. The summed E-state index contributed by atoms with van der Waals surface area (Å²) >= 11 is 12.3. The molecule has 1 aliphatic heterocycles. The van der Waals surface area contributed by atoms with Gasteiger partial charge in [0.1, 0.15) is 17.0 Å². The van der Waals surface area contributed by atoms with Crippen molar-refractivity contribution in [3.05, 3.63) is 34.1 Å². The fraction of sp³-hybridized carbons (Fsp3) is 0.333. The number of nitriles is 1. The van der Waals surface area contributed by atoms with Gasteiger partial charge in [0.2, 0.25) is 0 Å². The number of hydrogen-bond acceptors (Lipinski definition) is 6. The summed E-state index contributed by atoms with van der Waals surface area (Å²) in [6.45, 7) is 3.64. The number of anilines is 1. The Morgan fingerprint density at radius 2 is 2.07 bits per heavy atom. The smallest absolute Gasteiger partial charge is 0.184 e. The van der Waals surface area contributed by atoms with Gasteiger partial charge in [-0.25, -0.2) is 9.97 Å². The molecule has 4 rings (SSSR count). The molecule has 0 bridgehead atoms. The Morgan fingerprint density at radius 3 is 2.78 bits per heavy atom. The largest absolute Gasteiger partial charge is 0.356 e. The molecule has 0 aromatic carbocycles. The fourth-order valence-corrected chi connectivity index (χ4v) is 3.68. The van der Waals surface area contributed by atoms with Crippen LogP contribution in [0.3, 0.4) is 0 Å². The Hall–Kier alpha value is -2.40. The van der Waals surface area contributed by atoms with Crippen molar-refractivity contribution in [2.75, 3.05) is 18.0 Å². The van der Waals surface area contributed by atoms with Gasteiger partial charge in [-0.15, -0.1) is 0 Å². The molecule has 1 fully saturated rings. The standard InChI is InChI=1S/C18H17Cl2N7/c1-18(22)3-6-27(7-4-18)12-8-10(9-21)13-15(25-26-17(13)24-12)11-2-5-23-16(20)14(11)19/h2,5,8H,3-4,6-7,22H2,1H3,(H,24,25,26). The first kappa shape index (κ1) is 18.0. The Labute approximate surface area is 166 Å².